The highest BCUT2D eigenvalue weighted by Crippen LogP contribution is 2.26. The number of carbonyl (C=O) groups is 1. The minimum atomic E-state index is -0.0790. The van der Waals surface area contributed by atoms with E-state index in [-0.39, 0.29) is 18.0 Å². The van der Waals surface area contributed by atoms with Crippen molar-refractivity contribution in [2.75, 3.05) is 18.5 Å². The quantitative estimate of drug-likeness (QED) is 0.617. The number of carbonyl (C=O) groups excluding carboxylic acids is 1. The van der Waals surface area contributed by atoms with Crippen molar-refractivity contribution in [2.45, 2.75) is 57.0 Å². The van der Waals surface area contributed by atoms with Crippen molar-refractivity contribution in [3.05, 3.63) is 47.9 Å². The van der Waals surface area contributed by atoms with Gasteiger partial charge in [0.05, 0.1) is 16.8 Å². The summed E-state index contributed by atoms with van der Waals surface area (Å²) in [6.07, 6.45) is 12.5. The van der Waals surface area contributed by atoms with Gasteiger partial charge in [-0.25, -0.2) is 9.97 Å². The summed E-state index contributed by atoms with van der Waals surface area (Å²) in [4.78, 5) is 22.3. The Balaban J connectivity index is 1.47. The molecule has 2 N–H and O–H groups in total. The van der Waals surface area contributed by atoms with Gasteiger partial charge in [0.25, 0.3) is 5.91 Å². The van der Waals surface area contributed by atoms with Crippen LogP contribution in [0.2, 0.25) is 0 Å². The minimum absolute atomic E-state index is 0.0790. The standard InChI is InChI=1S/C25H28N6O2/c26-14-17-12-18-6-9-31(24(18)28-15-17)23-13-22(29-20-7-10-33-11-8-20)21(16-27-23)25(32)30-19-4-2-1-3-5-19/h6,9,12-13,15-16,19-20H,1-5,7-8,10-11H2,(H,27,29)(H,30,32). The molecule has 33 heavy (non-hydrogen) atoms. The van der Waals surface area contributed by atoms with Crippen molar-refractivity contribution in [1.29, 1.82) is 5.26 Å². The smallest absolute Gasteiger partial charge is 0.255 e. The summed E-state index contributed by atoms with van der Waals surface area (Å²) in [6.45, 7) is 1.43. The minimum Gasteiger partial charge on any atom is -0.381 e. The highest BCUT2D eigenvalue weighted by atomic mass is 16.5. The summed E-state index contributed by atoms with van der Waals surface area (Å²) in [6, 6.07) is 8.25. The molecule has 3 aromatic heterocycles. The Kier molecular flexibility index (Phi) is 6.22. The summed E-state index contributed by atoms with van der Waals surface area (Å²) < 4.78 is 7.38. The molecule has 0 aromatic carbocycles. The van der Waals surface area contributed by atoms with Crippen LogP contribution in [0.25, 0.3) is 16.9 Å². The average molecular weight is 445 g/mol. The van der Waals surface area contributed by atoms with Crippen LogP contribution in [0.1, 0.15) is 60.9 Å². The van der Waals surface area contributed by atoms with Crippen LogP contribution < -0.4 is 10.6 Å². The van der Waals surface area contributed by atoms with Gasteiger partial charge in [-0.3, -0.25) is 9.36 Å². The molecule has 0 unspecified atom stereocenters. The lowest BCUT2D eigenvalue weighted by atomic mass is 9.95. The summed E-state index contributed by atoms with van der Waals surface area (Å²) in [5.74, 6) is 0.593. The molecule has 2 fully saturated rings. The molecular weight excluding hydrogens is 416 g/mol. The van der Waals surface area contributed by atoms with Crippen LogP contribution in [0.15, 0.2) is 36.8 Å². The van der Waals surface area contributed by atoms with Crippen molar-refractivity contribution in [3.63, 3.8) is 0 Å². The number of nitrogens with zero attached hydrogens (tertiary/aromatic N) is 4. The summed E-state index contributed by atoms with van der Waals surface area (Å²) in [5.41, 5.74) is 2.57. The SMILES string of the molecule is N#Cc1cnc2c(ccn2-c2cc(NC3CCOCC3)c(C(=O)NC3CCCCC3)cn2)c1. The number of fused-ring (bicyclic) bond motifs is 1. The highest BCUT2D eigenvalue weighted by molar-refractivity contribution is 6.00. The molecule has 170 valence electrons. The maximum absolute atomic E-state index is 13.2. The Morgan fingerprint density at radius 3 is 2.67 bits per heavy atom. The third-order valence-corrected chi connectivity index (χ3v) is 6.56. The van der Waals surface area contributed by atoms with E-state index in [9.17, 15) is 4.79 Å². The van der Waals surface area contributed by atoms with Crippen LogP contribution >= 0.6 is 0 Å². The predicted molar refractivity (Wildman–Crippen MR) is 125 cm³/mol. The molecular formula is C25H28N6O2. The number of anilines is 1. The molecule has 8 heteroatoms. The summed E-state index contributed by atoms with van der Waals surface area (Å²) >= 11 is 0. The number of aromatic nitrogens is 3. The molecule has 1 saturated carbocycles. The fourth-order valence-electron chi connectivity index (χ4n) is 4.72. The van der Waals surface area contributed by atoms with Crippen LogP contribution in [0.3, 0.4) is 0 Å². The van der Waals surface area contributed by atoms with Crippen molar-refractivity contribution in [3.8, 4) is 11.9 Å². The molecule has 3 aromatic rings. The Morgan fingerprint density at radius 2 is 1.88 bits per heavy atom. The van der Waals surface area contributed by atoms with Gasteiger partial charge in [-0.2, -0.15) is 5.26 Å². The maximum atomic E-state index is 13.2. The zero-order valence-corrected chi connectivity index (χ0v) is 18.6. The van der Waals surface area contributed by atoms with Gasteiger partial charge in [0.1, 0.15) is 17.5 Å². The van der Waals surface area contributed by atoms with Gasteiger partial charge >= 0.3 is 0 Å². The normalized spacial score (nSPS) is 17.5. The molecule has 5 rings (SSSR count). The van der Waals surface area contributed by atoms with E-state index in [1.54, 1.807) is 12.4 Å². The molecule has 1 amide bonds. The first-order chi connectivity index (χ1) is 16.2. The van der Waals surface area contributed by atoms with Crippen LogP contribution in [0.4, 0.5) is 5.69 Å². The topological polar surface area (TPSA) is 105 Å². The number of rotatable bonds is 5. The molecule has 0 radical (unpaired) electrons. The molecule has 1 aliphatic carbocycles. The first kappa shape index (κ1) is 21.4. The van der Waals surface area contributed by atoms with Gasteiger partial charge in [0.15, 0.2) is 0 Å². The molecule has 8 nitrogen and oxygen atoms in total. The van der Waals surface area contributed by atoms with Gasteiger partial charge in [-0.1, -0.05) is 19.3 Å². The van der Waals surface area contributed by atoms with Crippen molar-refractivity contribution < 1.29 is 9.53 Å². The van der Waals surface area contributed by atoms with Crippen molar-refractivity contribution in [2.24, 2.45) is 0 Å². The zero-order valence-electron chi connectivity index (χ0n) is 18.6. The van der Waals surface area contributed by atoms with E-state index in [2.05, 4.69) is 26.7 Å². The maximum Gasteiger partial charge on any atom is 0.255 e. The largest absolute Gasteiger partial charge is 0.381 e. The van der Waals surface area contributed by atoms with Crippen LogP contribution in [-0.2, 0) is 4.74 Å². The van der Waals surface area contributed by atoms with E-state index < -0.39 is 0 Å². The third kappa shape index (κ3) is 4.69. The number of amides is 1. The van der Waals surface area contributed by atoms with Gasteiger partial charge in [-0.15, -0.1) is 0 Å². The van der Waals surface area contributed by atoms with Gasteiger partial charge < -0.3 is 15.4 Å². The number of ether oxygens (including phenoxy) is 1. The number of nitrogens with one attached hydrogen (secondary N) is 2. The zero-order chi connectivity index (χ0) is 22.6. The predicted octanol–water partition coefficient (Wildman–Crippen LogP) is 3.95. The van der Waals surface area contributed by atoms with Gasteiger partial charge in [-0.05, 0) is 37.8 Å². The van der Waals surface area contributed by atoms with E-state index in [0.29, 0.717) is 30.2 Å². The van der Waals surface area contributed by atoms with Crippen molar-refractivity contribution >= 4 is 22.6 Å². The van der Waals surface area contributed by atoms with E-state index in [1.807, 2.05) is 29.0 Å². The first-order valence-electron chi connectivity index (χ1n) is 11.7. The Hall–Kier alpha value is -3.44. The lowest BCUT2D eigenvalue weighted by Crippen LogP contribution is -2.37. The third-order valence-electron chi connectivity index (χ3n) is 6.56. The van der Waals surface area contributed by atoms with E-state index in [0.717, 1.165) is 55.2 Å². The fourth-order valence-corrected chi connectivity index (χ4v) is 4.72. The monoisotopic (exact) mass is 444 g/mol. The molecule has 4 heterocycles. The number of pyridine rings is 2. The molecule has 1 aliphatic heterocycles. The van der Waals surface area contributed by atoms with Crippen molar-refractivity contribution in [1.82, 2.24) is 19.9 Å². The number of hydrogen-bond donors (Lipinski definition) is 2. The number of nitriles is 1. The van der Waals surface area contributed by atoms with E-state index in [1.165, 1.54) is 6.42 Å². The molecule has 2 aliphatic rings. The Labute approximate surface area is 193 Å². The average Bonchev–Trinajstić information content (AvgIpc) is 3.28. The molecule has 0 bridgehead atoms. The van der Waals surface area contributed by atoms with Crippen LogP contribution in [0, 0.1) is 11.3 Å². The second kappa shape index (κ2) is 9.59. The van der Waals surface area contributed by atoms with Gasteiger partial charge in [0.2, 0.25) is 0 Å². The first-order valence-corrected chi connectivity index (χ1v) is 11.7. The van der Waals surface area contributed by atoms with E-state index in [4.69, 9.17) is 10.00 Å². The second-order valence-electron chi connectivity index (χ2n) is 8.86. The number of hydrogen-bond acceptors (Lipinski definition) is 6. The van der Waals surface area contributed by atoms with Crippen LogP contribution in [-0.4, -0.2) is 45.7 Å². The summed E-state index contributed by atoms with van der Waals surface area (Å²) in [5, 5.41) is 16.8. The molecule has 1 saturated heterocycles. The fraction of sp³-hybridized carbons (Fsp3) is 0.440. The Bertz CT molecular complexity index is 1190. The lowest BCUT2D eigenvalue weighted by Gasteiger charge is -2.26. The Morgan fingerprint density at radius 1 is 1.06 bits per heavy atom. The summed E-state index contributed by atoms with van der Waals surface area (Å²) in [7, 11) is 0. The van der Waals surface area contributed by atoms with E-state index >= 15 is 0 Å². The lowest BCUT2D eigenvalue weighted by molar-refractivity contribution is 0.0902. The molecule has 0 spiro atoms. The second-order valence-corrected chi connectivity index (χ2v) is 8.86. The highest BCUT2D eigenvalue weighted by Gasteiger charge is 2.22. The molecule has 0 atom stereocenters. The van der Waals surface area contributed by atoms with Gasteiger partial charge in [0, 0.05) is 55.3 Å². The van der Waals surface area contributed by atoms with Crippen LogP contribution in [0.5, 0.6) is 0 Å².